The summed E-state index contributed by atoms with van der Waals surface area (Å²) in [6.07, 6.45) is 1.74. The molecule has 0 aromatic heterocycles. The molecule has 1 spiro atoms. The number of amides is 1. The Morgan fingerprint density at radius 2 is 2.15 bits per heavy atom. The average Bonchev–Trinajstić information content (AvgIpc) is 2.69. The van der Waals surface area contributed by atoms with Gasteiger partial charge in [-0.3, -0.25) is 9.59 Å². The highest BCUT2D eigenvalue weighted by molar-refractivity contribution is 6.17. The van der Waals surface area contributed by atoms with Crippen LogP contribution < -0.4 is 5.32 Å². The second kappa shape index (κ2) is 5.19. The molecule has 0 aliphatic carbocycles. The average molecular weight is 294 g/mol. The van der Waals surface area contributed by atoms with Gasteiger partial charge in [-0.15, -0.1) is 11.6 Å². The van der Waals surface area contributed by atoms with Crippen LogP contribution >= 0.6 is 11.6 Å². The molecule has 1 saturated heterocycles. The molecule has 0 radical (unpaired) electrons. The number of halogens is 1. The van der Waals surface area contributed by atoms with Crippen LogP contribution in [-0.4, -0.2) is 23.7 Å². The standard InChI is InChI=1S/C15H16ClNO3/c16-7-3-4-11-8-10(18)9-15(20-11)12-5-1-2-6-13(12)17-14(15)19/h1-2,5-6,11H,3-4,7-9H2,(H,17,19). The first kappa shape index (κ1) is 13.6. The van der Waals surface area contributed by atoms with Crippen molar-refractivity contribution in [3.8, 4) is 0 Å². The van der Waals surface area contributed by atoms with Crippen molar-refractivity contribution in [2.75, 3.05) is 11.2 Å². The minimum atomic E-state index is -1.14. The molecule has 20 heavy (non-hydrogen) atoms. The summed E-state index contributed by atoms with van der Waals surface area (Å²) in [5.41, 5.74) is 0.375. The molecule has 0 bridgehead atoms. The number of hydrogen-bond acceptors (Lipinski definition) is 3. The number of anilines is 1. The lowest BCUT2D eigenvalue weighted by molar-refractivity contribution is -0.170. The third-order valence-electron chi connectivity index (χ3n) is 3.91. The van der Waals surface area contributed by atoms with Crippen LogP contribution in [0, 0.1) is 0 Å². The molecule has 1 aromatic carbocycles. The molecular weight excluding hydrogens is 278 g/mol. The maximum atomic E-state index is 12.4. The fourth-order valence-electron chi connectivity index (χ4n) is 3.02. The maximum absolute atomic E-state index is 12.4. The lowest BCUT2D eigenvalue weighted by Crippen LogP contribution is -2.47. The van der Waals surface area contributed by atoms with E-state index in [0.29, 0.717) is 18.7 Å². The summed E-state index contributed by atoms with van der Waals surface area (Å²) in [5, 5.41) is 2.81. The zero-order valence-electron chi connectivity index (χ0n) is 11.0. The fraction of sp³-hybridized carbons (Fsp3) is 0.467. The van der Waals surface area contributed by atoms with Gasteiger partial charge in [-0.25, -0.2) is 0 Å². The van der Waals surface area contributed by atoms with Crippen molar-refractivity contribution in [2.45, 2.75) is 37.4 Å². The summed E-state index contributed by atoms with van der Waals surface area (Å²) in [4.78, 5) is 24.4. The highest BCUT2D eigenvalue weighted by atomic mass is 35.5. The van der Waals surface area contributed by atoms with E-state index in [1.54, 1.807) is 0 Å². The molecule has 2 aliphatic rings. The predicted molar refractivity (Wildman–Crippen MR) is 75.8 cm³/mol. The molecule has 1 amide bonds. The molecule has 1 N–H and O–H groups in total. The van der Waals surface area contributed by atoms with Gasteiger partial charge in [0.15, 0.2) is 5.60 Å². The zero-order valence-corrected chi connectivity index (χ0v) is 11.8. The Bertz CT molecular complexity index is 560. The van der Waals surface area contributed by atoms with Crippen molar-refractivity contribution in [2.24, 2.45) is 0 Å². The Balaban J connectivity index is 1.94. The summed E-state index contributed by atoms with van der Waals surface area (Å²) in [6, 6.07) is 7.40. The summed E-state index contributed by atoms with van der Waals surface area (Å²) in [5.74, 6) is 0.370. The molecule has 2 unspecified atom stereocenters. The van der Waals surface area contributed by atoms with Crippen LogP contribution in [0.1, 0.15) is 31.2 Å². The first-order chi connectivity index (χ1) is 9.65. The number of benzene rings is 1. The van der Waals surface area contributed by atoms with Gasteiger partial charge < -0.3 is 10.1 Å². The smallest absolute Gasteiger partial charge is 0.261 e. The Labute approximate surface area is 122 Å². The molecule has 1 fully saturated rings. The topological polar surface area (TPSA) is 55.4 Å². The second-order valence-electron chi connectivity index (χ2n) is 5.32. The van der Waals surface area contributed by atoms with E-state index in [-0.39, 0.29) is 24.2 Å². The lowest BCUT2D eigenvalue weighted by atomic mass is 9.84. The molecule has 5 heteroatoms. The second-order valence-corrected chi connectivity index (χ2v) is 5.70. The van der Waals surface area contributed by atoms with Gasteiger partial charge in [-0.2, -0.15) is 0 Å². The van der Waals surface area contributed by atoms with E-state index in [0.717, 1.165) is 17.7 Å². The quantitative estimate of drug-likeness (QED) is 0.872. The van der Waals surface area contributed by atoms with E-state index < -0.39 is 5.60 Å². The molecule has 2 atom stereocenters. The van der Waals surface area contributed by atoms with E-state index in [1.165, 1.54) is 0 Å². The third-order valence-corrected chi connectivity index (χ3v) is 4.17. The van der Waals surface area contributed by atoms with E-state index in [4.69, 9.17) is 16.3 Å². The number of fused-ring (bicyclic) bond motifs is 2. The number of carbonyl (C=O) groups excluding carboxylic acids is 2. The Morgan fingerprint density at radius 1 is 1.35 bits per heavy atom. The fourth-order valence-corrected chi connectivity index (χ4v) is 3.17. The van der Waals surface area contributed by atoms with Crippen molar-refractivity contribution in [3.05, 3.63) is 29.8 Å². The summed E-state index contributed by atoms with van der Waals surface area (Å²) in [7, 11) is 0. The number of alkyl halides is 1. The van der Waals surface area contributed by atoms with Crippen molar-refractivity contribution < 1.29 is 14.3 Å². The third kappa shape index (κ3) is 2.13. The van der Waals surface area contributed by atoms with E-state index in [1.807, 2.05) is 24.3 Å². The van der Waals surface area contributed by atoms with E-state index in [2.05, 4.69) is 5.32 Å². The summed E-state index contributed by atoms with van der Waals surface area (Å²) < 4.78 is 6.05. The number of nitrogens with one attached hydrogen (secondary N) is 1. The van der Waals surface area contributed by atoms with Crippen LogP contribution in [0.5, 0.6) is 0 Å². The number of para-hydroxylation sites is 1. The van der Waals surface area contributed by atoms with E-state index >= 15 is 0 Å². The molecule has 2 aliphatic heterocycles. The molecule has 4 nitrogen and oxygen atoms in total. The Hall–Kier alpha value is -1.39. The Morgan fingerprint density at radius 3 is 2.95 bits per heavy atom. The van der Waals surface area contributed by atoms with Crippen molar-refractivity contribution in [1.82, 2.24) is 0 Å². The van der Waals surface area contributed by atoms with Gasteiger partial charge in [-0.1, -0.05) is 18.2 Å². The van der Waals surface area contributed by atoms with Crippen molar-refractivity contribution >= 4 is 29.0 Å². The molecule has 2 heterocycles. The predicted octanol–water partition coefficient (Wildman–Crippen LogP) is 2.60. The molecule has 3 rings (SSSR count). The number of ketones is 1. The number of Topliss-reactive ketones (excluding diaryl/α,β-unsaturated/α-hetero) is 1. The van der Waals surface area contributed by atoms with Gasteiger partial charge in [-0.05, 0) is 18.9 Å². The van der Waals surface area contributed by atoms with Crippen molar-refractivity contribution in [1.29, 1.82) is 0 Å². The van der Waals surface area contributed by atoms with Gasteiger partial charge >= 0.3 is 0 Å². The van der Waals surface area contributed by atoms with Crippen molar-refractivity contribution in [3.63, 3.8) is 0 Å². The maximum Gasteiger partial charge on any atom is 0.261 e. The highest BCUT2D eigenvalue weighted by Crippen LogP contribution is 2.45. The molecule has 0 saturated carbocycles. The highest BCUT2D eigenvalue weighted by Gasteiger charge is 2.53. The number of hydrogen-bond donors (Lipinski definition) is 1. The summed E-state index contributed by atoms with van der Waals surface area (Å²) in [6.45, 7) is 0. The SMILES string of the molecule is O=C1CC(CCCCl)OC2(C1)C(=O)Nc1ccccc12. The van der Waals surface area contributed by atoms with Gasteiger partial charge in [0.05, 0.1) is 6.10 Å². The molecule has 1 aromatic rings. The minimum absolute atomic E-state index is 0.0719. The van der Waals surface area contributed by atoms with Gasteiger partial charge in [0.2, 0.25) is 0 Å². The Kier molecular flexibility index (Phi) is 3.52. The largest absolute Gasteiger partial charge is 0.356 e. The first-order valence-electron chi connectivity index (χ1n) is 6.82. The number of rotatable bonds is 3. The normalized spacial score (nSPS) is 28.6. The van der Waals surface area contributed by atoms with Crippen LogP contribution in [0.25, 0.3) is 0 Å². The lowest BCUT2D eigenvalue weighted by Gasteiger charge is -2.36. The summed E-state index contributed by atoms with van der Waals surface area (Å²) >= 11 is 5.70. The number of carbonyl (C=O) groups is 2. The van der Waals surface area contributed by atoms with Crippen LogP contribution in [0.3, 0.4) is 0 Å². The van der Waals surface area contributed by atoms with Crippen LogP contribution in [-0.2, 0) is 19.9 Å². The van der Waals surface area contributed by atoms with Crippen LogP contribution in [0.4, 0.5) is 5.69 Å². The number of ether oxygens (including phenoxy) is 1. The minimum Gasteiger partial charge on any atom is -0.356 e. The van der Waals surface area contributed by atoms with Gasteiger partial charge in [0.1, 0.15) is 5.78 Å². The first-order valence-corrected chi connectivity index (χ1v) is 7.35. The van der Waals surface area contributed by atoms with Gasteiger partial charge in [0, 0.05) is 30.0 Å². The monoisotopic (exact) mass is 293 g/mol. The van der Waals surface area contributed by atoms with Gasteiger partial charge in [0.25, 0.3) is 5.91 Å². The van der Waals surface area contributed by atoms with Crippen LogP contribution in [0.2, 0.25) is 0 Å². The zero-order chi connectivity index (χ0) is 14.2. The molecule has 106 valence electrons. The van der Waals surface area contributed by atoms with E-state index in [9.17, 15) is 9.59 Å². The molecular formula is C15H16ClNO3. The van der Waals surface area contributed by atoms with Crippen LogP contribution in [0.15, 0.2) is 24.3 Å².